The van der Waals surface area contributed by atoms with Crippen molar-refractivity contribution < 1.29 is 19.5 Å². The lowest BCUT2D eigenvalue weighted by Crippen LogP contribution is -2.43. The van der Waals surface area contributed by atoms with Crippen LogP contribution in [0.25, 0.3) is 0 Å². The van der Waals surface area contributed by atoms with Gasteiger partial charge in [-0.1, -0.05) is 6.92 Å². The summed E-state index contributed by atoms with van der Waals surface area (Å²) >= 11 is 1.15. The van der Waals surface area contributed by atoms with Crippen LogP contribution >= 0.6 is 11.3 Å². The van der Waals surface area contributed by atoms with Crippen LogP contribution in [0.15, 0.2) is 5.38 Å². The van der Waals surface area contributed by atoms with Crippen LogP contribution in [0.5, 0.6) is 0 Å². The topological polar surface area (TPSA) is 112 Å². The number of nitrogens with one attached hydrogen (secondary N) is 2. The molecule has 0 spiro atoms. The van der Waals surface area contributed by atoms with Gasteiger partial charge in [0.2, 0.25) is 5.91 Å². The fraction of sp³-hybridized carbons (Fsp3) is 0.500. The number of carboxylic acids is 1. The molecular formula is C12H18N4O4S. The molecule has 116 valence electrons. The average Bonchev–Trinajstić information content (AvgIpc) is 2.91. The smallest absolute Gasteiger partial charge is 0.355 e. The fourth-order valence-corrected chi connectivity index (χ4v) is 2.09. The first-order chi connectivity index (χ1) is 9.93. The number of likely N-dealkylation sites (N-methyl/N-ethyl adjacent to an activating group) is 1. The Morgan fingerprint density at radius 2 is 2.10 bits per heavy atom. The van der Waals surface area contributed by atoms with Gasteiger partial charge in [0.05, 0.1) is 6.54 Å². The van der Waals surface area contributed by atoms with Gasteiger partial charge in [-0.15, -0.1) is 11.3 Å². The van der Waals surface area contributed by atoms with Gasteiger partial charge in [-0.05, 0) is 6.42 Å². The maximum Gasteiger partial charge on any atom is 0.355 e. The highest BCUT2D eigenvalue weighted by Crippen LogP contribution is 2.09. The molecule has 0 atom stereocenters. The molecule has 9 heteroatoms. The first-order valence-corrected chi connectivity index (χ1v) is 7.25. The minimum absolute atomic E-state index is 0.0376. The van der Waals surface area contributed by atoms with Crippen molar-refractivity contribution in [1.82, 2.24) is 20.5 Å². The quantitative estimate of drug-likeness (QED) is 0.679. The van der Waals surface area contributed by atoms with Gasteiger partial charge in [0.25, 0.3) is 0 Å². The Morgan fingerprint density at radius 3 is 2.67 bits per heavy atom. The molecule has 1 heterocycles. The molecule has 3 N–H and O–H groups in total. The maximum atomic E-state index is 11.8. The van der Waals surface area contributed by atoms with Gasteiger partial charge in [-0.2, -0.15) is 0 Å². The van der Waals surface area contributed by atoms with E-state index in [0.29, 0.717) is 11.6 Å². The number of urea groups is 1. The molecule has 21 heavy (non-hydrogen) atoms. The van der Waals surface area contributed by atoms with Crippen LogP contribution in [0.1, 0.15) is 28.8 Å². The fourth-order valence-electron chi connectivity index (χ4n) is 1.38. The van der Waals surface area contributed by atoms with Crippen LogP contribution in [-0.2, 0) is 11.3 Å². The summed E-state index contributed by atoms with van der Waals surface area (Å²) in [5.74, 6) is -1.33. The third kappa shape index (κ3) is 5.78. The van der Waals surface area contributed by atoms with Crippen LogP contribution in [0, 0.1) is 0 Å². The van der Waals surface area contributed by atoms with E-state index < -0.39 is 12.0 Å². The Labute approximate surface area is 126 Å². The van der Waals surface area contributed by atoms with Crippen LogP contribution in [0.4, 0.5) is 4.79 Å². The van der Waals surface area contributed by atoms with Gasteiger partial charge in [0.1, 0.15) is 11.6 Å². The molecular weight excluding hydrogens is 296 g/mol. The highest BCUT2D eigenvalue weighted by molar-refractivity contribution is 7.09. The Balaban J connectivity index is 2.38. The number of carbonyl (C=O) groups excluding carboxylic acids is 2. The normalized spacial score (nSPS) is 10.0. The van der Waals surface area contributed by atoms with E-state index in [1.165, 1.54) is 17.3 Å². The molecule has 0 unspecified atom stereocenters. The molecule has 8 nitrogen and oxygen atoms in total. The maximum absolute atomic E-state index is 11.8. The van der Waals surface area contributed by atoms with E-state index in [9.17, 15) is 14.4 Å². The molecule has 1 aromatic rings. The van der Waals surface area contributed by atoms with Crippen LogP contribution < -0.4 is 10.6 Å². The zero-order valence-electron chi connectivity index (χ0n) is 11.9. The first-order valence-electron chi connectivity index (χ1n) is 6.37. The zero-order chi connectivity index (χ0) is 15.8. The summed E-state index contributed by atoms with van der Waals surface area (Å²) in [7, 11) is 1.51. The van der Waals surface area contributed by atoms with Crippen molar-refractivity contribution in [3.05, 3.63) is 16.1 Å². The van der Waals surface area contributed by atoms with E-state index in [0.717, 1.165) is 17.8 Å². The van der Waals surface area contributed by atoms with E-state index >= 15 is 0 Å². The van der Waals surface area contributed by atoms with E-state index in [1.54, 1.807) is 0 Å². The molecule has 0 radical (unpaired) electrons. The van der Waals surface area contributed by atoms with E-state index in [4.69, 9.17) is 5.11 Å². The van der Waals surface area contributed by atoms with Crippen LogP contribution in [-0.4, -0.2) is 53.0 Å². The molecule has 0 bridgehead atoms. The number of nitrogens with zero attached hydrogens (tertiary/aromatic N) is 2. The van der Waals surface area contributed by atoms with Gasteiger partial charge < -0.3 is 20.6 Å². The summed E-state index contributed by atoms with van der Waals surface area (Å²) in [6.07, 6.45) is 0.831. The molecule has 3 amide bonds. The molecule has 0 aliphatic carbocycles. The predicted octanol–water partition coefficient (Wildman–Crippen LogP) is 0.509. The molecule has 1 rings (SSSR count). The molecule has 0 aliphatic rings. The second-order valence-electron chi connectivity index (χ2n) is 4.30. The van der Waals surface area contributed by atoms with Crippen molar-refractivity contribution in [3.63, 3.8) is 0 Å². The number of rotatable bonds is 7. The van der Waals surface area contributed by atoms with Crippen molar-refractivity contribution in [2.45, 2.75) is 19.9 Å². The number of hydrogen-bond acceptors (Lipinski definition) is 5. The number of aromatic nitrogens is 1. The first kappa shape index (κ1) is 16.9. The zero-order valence-corrected chi connectivity index (χ0v) is 12.7. The molecule has 1 aromatic heterocycles. The Morgan fingerprint density at radius 1 is 1.38 bits per heavy atom. The summed E-state index contributed by atoms with van der Waals surface area (Å²) in [6.45, 7) is 2.60. The van der Waals surface area contributed by atoms with Gasteiger partial charge in [0.15, 0.2) is 5.69 Å². The van der Waals surface area contributed by atoms with Gasteiger partial charge in [-0.25, -0.2) is 14.6 Å². The van der Waals surface area contributed by atoms with Crippen molar-refractivity contribution in [2.75, 3.05) is 20.1 Å². The predicted molar refractivity (Wildman–Crippen MR) is 77.2 cm³/mol. The summed E-state index contributed by atoms with van der Waals surface area (Å²) < 4.78 is 0. The molecule has 0 saturated carbocycles. The summed E-state index contributed by atoms with van der Waals surface area (Å²) in [6, 6.07) is -0.422. The summed E-state index contributed by atoms with van der Waals surface area (Å²) in [5.41, 5.74) is -0.0449. The Hall–Kier alpha value is -2.16. The second kappa shape index (κ2) is 8.20. The summed E-state index contributed by atoms with van der Waals surface area (Å²) in [5, 5.41) is 15.9. The number of carbonyl (C=O) groups is 3. The SMILES string of the molecule is CCCNC(=O)CN(C)C(=O)NCc1nc(C(=O)O)cs1. The van der Waals surface area contributed by atoms with Crippen molar-refractivity contribution >= 4 is 29.2 Å². The number of thiazole rings is 1. The van der Waals surface area contributed by atoms with Crippen LogP contribution in [0.2, 0.25) is 0 Å². The molecule has 0 saturated heterocycles. The largest absolute Gasteiger partial charge is 0.476 e. The standard InChI is InChI=1S/C12H18N4O4S/c1-3-4-13-9(17)6-16(2)12(20)14-5-10-15-8(7-21-10)11(18)19/h7H,3-6H2,1-2H3,(H,13,17)(H,14,20)(H,18,19). The highest BCUT2D eigenvalue weighted by Gasteiger charge is 2.13. The van der Waals surface area contributed by atoms with Crippen molar-refractivity contribution in [3.8, 4) is 0 Å². The van der Waals surface area contributed by atoms with Crippen LogP contribution in [0.3, 0.4) is 0 Å². The van der Waals surface area contributed by atoms with Gasteiger partial charge in [0, 0.05) is 19.0 Å². The Bertz CT molecular complexity index is 517. The summed E-state index contributed by atoms with van der Waals surface area (Å²) in [4.78, 5) is 39.0. The average molecular weight is 314 g/mol. The van der Waals surface area contributed by atoms with Gasteiger partial charge >= 0.3 is 12.0 Å². The van der Waals surface area contributed by atoms with Crippen molar-refractivity contribution in [1.29, 1.82) is 0 Å². The lowest BCUT2D eigenvalue weighted by atomic mass is 10.4. The number of carboxylic acid groups (broad SMARTS) is 1. The molecule has 0 aromatic carbocycles. The van der Waals surface area contributed by atoms with Gasteiger partial charge in [-0.3, -0.25) is 4.79 Å². The minimum Gasteiger partial charge on any atom is -0.476 e. The third-order valence-electron chi connectivity index (χ3n) is 2.46. The monoisotopic (exact) mass is 314 g/mol. The number of hydrogen-bond donors (Lipinski definition) is 3. The van der Waals surface area contributed by atoms with E-state index in [-0.39, 0.29) is 24.7 Å². The minimum atomic E-state index is -1.10. The molecule has 0 fully saturated rings. The second-order valence-corrected chi connectivity index (χ2v) is 5.24. The lowest BCUT2D eigenvalue weighted by molar-refractivity contribution is -0.121. The Kier molecular flexibility index (Phi) is 6.60. The van der Waals surface area contributed by atoms with Crippen molar-refractivity contribution in [2.24, 2.45) is 0 Å². The molecule has 0 aliphatic heterocycles. The van der Waals surface area contributed by atoms with E-state index in [2.05, 4.69) is 15.6 Å². The number of aromatic carboxylic acids is 1. The number of amides is 3. The lowest BCUT2D eigenvalue weighted by Gasteiger charge is -2.17. The third-order valence-corrected chi connectivity index (χ3v) is 3.31. The van der Waals surface area contributed by atoms with E-state index in [1.807, 2.05) is 6.92 Å². The highest BCUT2D eigenvalue weighted by atomic mass is 32.1.